The van der Waals surface area contributed by atoms with Gasteiger partial charge in [-0.25, -0.2) is 9.78 Å². The molecule has 0 spiro atoms. The molecular formula is C26H34N4O2. The number of carbonyl (C=O) groups excluding carboxylic acids is 1. The van der Waals surface area contributed by atoms with Gasteiger partial charge < -0.3 is 19.9 Å². The Labute approximate surface area is 191 Å². The Bertz CT molecular complexity index is 998. The third-order valence-electron chi connectivity index (χ3n) is 5.41. The minimum Gasteiger partial charge on any atom is -0.491 e. The maximum absolute atomic E-state index is 12.3. The van der Waals surface area contributed by atoms with Crippen LogP contribution in [0.25, 0.3) is 11.3 Å². The molecule has 0 aliphatic rings. The summed E-state index contributed by atoms with van der Waals surface area (Å²) in [6.45, 7) is 8.18. The van der Waals surface area contributed by atoms with Crippen molar-refractivity contribution >= 4 is 11.7 Å². The predicted molar refractivity (Wildman–Crippen MR) is 130 cm³/mol. The number of anilines is 1. The Hall–Kier alpha value is -3.28. The van der Waals surface area contributed by atoms with Gasteiger partial charge in [0.25, 0.3) is 0 Å². The standard InChI is InChI=1S/C26H34N4O2/c1-4-5-9-16-27-26(31)29-24-20(2)12-10-15-23(24)32-18-11-17-30-19-28-21(3)25(30)22-13-7-6-8-14-22/h6-8,10,12-15,19H,4-5,9,11,16-18H2,1-3H3,(H2,27,29,31). The molecule has 2 amide bonds. The molecule has 1 heterocycles. The summed E-state index contributed by atoms with van der Waals surface area (Å²) in [7, 11) is 0. The van der Waals surface area contributed by atoms with E-state index in [1.165, 1.54) is 5.56 Å². The minimum absolute atomic E-state index is 0.193. The van der Waals surface area contributed by atoms with Crippen molar-refractivity contribution in [2.45, 2.75) is 53.0 Å². The summed E-state index contributed by atoms with van der Waals surface area (Å²) in [6, 6.07) is 15.9. The van der Waals surface area contributed by atoms with E-state index in [0.717, 1.165) is 54.9 Å². The van der Waals surface area contributed by atoms with Crippen LogP contribution in [0.4, 0.5) is 10.5 Å². The van der Waals surface area contributed by atoms with E-state index < -0.39 is 0 Å². The van der Waals surface area contributed by atoms with Crippen molar-refractivity contribution in [1.82, 2.24) is 14.9 Å². The van der Waals surface area contributed by atoms with E-state index >= 15 is 0 Å². The number of aryl methyl sites for hydroxylation is 3. The van der Waals surface area contributed by atoms with Crippen molar-refractivity contribution in [3.8, 4) is 17.0 Å². The number of benzene rings is 2. The molecule has 0 radical (unpaired) electrons. The molecule has 1 aromatic heterocycles. The zero-order valence-electron chi connectivity index (χ0n) is 19.4. The Morgan fingerprint density at radius 1 is 1.03 bits per heavy atom. The van der Waals surface area contributed by atoms with Gasteiger partial charge in [-0.05, 0) is 38.3 Å². The van der Waals surface area contributed by atoms with E-state index in [9.17, 15) is 4.79 Å². The number of ether oxygens (including phenoxy) is 1. The van der Waals surface area contributed by atoms with Gasteiger partial charge in [0.1, 0.15) is 5.75 Å². The van der Waals surface area contributed by atoms with Gasteiger partial charge in [-0.15, -0.1) is 0 Å². The highest BCUT2D eigenvalue weighted by Crippen LogP contribution is 2.28. The first-order valence-electron chi connectivity index (χ1n) is 11.4. The number of urea groups is 1. The number of carbonyl (C=O) groups is 1. The number of para-hydroxylation sites is 1. The van der Waals surface area contributed by atoms with Gasteiger partial charge in [0.2, 0.25) is 0 Å². The lowest BCUT2D eigenvalue weighted by Gasteiger charge is -2.16. The second-order valence-electron chi connectivity index (χ2n) is 7.98. The normalized spacial score (nSPS) is 10.7. The van der Waals surface area contributed by atoms with Crippen LogP contribution in [0.3, 0.4) is 0 Å². The largest absolute Gasteiger partial charge is 0.491 e. The summed E-state index contributed by atoms with van der Waals surface area (Å²) in [6.07, 6.45) is 5.94. The average Bonchev–Trinajstić information content (AvgIpc) is 3.17. The van der Waals surface area contributed by atoms with E-state index in [4.69, 9.17) is 4.74 Å². The maximum atomic E-state index is 12.3. The predicted octanol–water partition coefficient (Wildman–Crippen LogP) is 5.95. The van der Waals surface area contributed by atoms with Crippen molar-refractivity contribution in [2.75, 3.05) is 18.5 Å². The topological polar surface area (TPSA) is 68.2 Å². The van der Waals surface area contributed by atoms with E-state index in [-0.39, 0.29) is 6.03 Å². The Morgan fingerprint density at radius 3 is 2.62 bits per heavy atom. The number of nitrogens with one attached hydrogen (secondary N) is 2. The van der Waals surface area contributed by atoms with Gasteiger partial charge in [-0.1, -0.05) is 62.2 Å². The Morgan fingerprint density at radius 2 is 1.84 bits per heavy atom. The van der Waals surface area contributed by atoms with E-state index in [1.807, 2.05) is 56.6 Å². The quantitative estimate of drug-likeness (QED) is 0.367. The van der Waals surface area contributed by atoms with Crippen LogP contribution in [0.15, 0.2) is 54.9 Å². The highest BCUT2D eigenvalue weighted by molar-refractivity contribution is 5.91. The molecule has 0 bridgehead atoms. The third kappa shape index (κ3) is 6.36. The first kappa shape index (κ1) is 23.4. The van der Waals surface area contributed by atoms with Crippen LogP contribution in [0.2, 0.25) is 0 Å². The summed E-state index contributed by atoms with van der Waals surface area (Å²) in [5.74, 6) is 0.693. The first-order chi connectivity index (χ1) is 15.6. The molecule has 0 saturated heterocycles. The van der Waals surface area contributed by atoms with Crippen LogP contribution < -0.4 is 15.4 Å². The molecule has 0 unspecified atom stereocenters. The molecule has 0 saturated carbocycles. The molecule has 2 N–H and O–H groups in total. The van der Waals surface area contributed by atoms with Crippen LogP contribution in [0.1, 0.15) is 43.9 Å². The number of nitrogens with zero attached hydrogens (tertiary/aromatic N) is 2. The van der Waals surface area contributed by atoms with E-state index in [1.54, 1.807) is 0 Å². The molecule has 0 aliphatic carbocycles. The zero-order valence-corrected chi connectivity index (χ0v) is 19.4. The van der Waals surface area contributed by atoms with Gasteiger partial charge >= 0.3 is 6.03 Å². The van der Waals surface area contributed by atoms with Crippen molar-refractivity contribution in [2.24, 2.45) is 0 Å². The molecule has 32 heavy (non-hydrogen) atoms. The number of amides is 2. The summed E-state index contributed by atoms with van der Waals surface area (Å²) in [4.78, 5) is 16.8. The molecule has 6 heteroatoms. The third-order valence-corrected chi connectivity index (χ3v) is 5.41. The van der Waals surface area contributed by atoms with Gasteiger partial charge in [0, 0.05) is 18.7 Å². The molecule has 0 atom stereocenters. The Balaban J connectivity index is 1.56. The fraction of sp³-hybridized carbons (Fsp3) is 0.385. The number of hydrogen-bond acceptors (Lipinski definition) is 3. The average molecular weight is 435 g/mol. The summed E-state index contributed by atoms with van der Waals surface area (Å²) in [5, 5.41) is 5.88. The van der Waals surface area contributed by atoms with Crippen LogP contribution in [0.5, 0.6) is 5.75 Å². The smallest absolute Gasteiger partial charge is 0.319 e. The lowest BCUT2D eigenvalue weighted by atomic mass is 10.1. The van der Waals surface area contributed by atoms with Crippen molar-refractivity contribution in [3.63, 3.8) is 0 Å². The Kier molecular flexibility index (Phi) is 8.72. The van der Waals surface area contributed by atoms with E-state index in [2.05, 4.69) is 39.2 Å². The molecule has 170 valence electrons. The van der Waals surface area contributed by atoms with E-state index in [0.29, 0.717) is 18.9 Å². The molecule has 3 aromatic rings. The lowest BCUT2D eigenvalue weighted by Crippen LogP contribution is -2.30. The highest BCUT2D eigenvalue weighted by atomic mass is 16.5. The molecule has 6 nitrogen and oxygen atoms in total. The summed E-state index contributed by atoms with van der Waals surface area (Å²) >= 11 is 0. The van der Waals surface area contributed by atoms with Crippen molar-refractivity contribution < 1.29 is 9.53 Å². The lowest BCUT2D eigenvalue weighted by molar-refractivity contribution is 0.251. The van der Waals surface area contributed by atoms with Gasteiger partial charge in [-0.3, -0.25) is 0 Å². The fourth-order valence-corrected chi connectivity index (χ4v) is 3.70. The molecule has 0 aliphatic heterocycles. The van der Waals surface area contributed by atoms with Crippen molar-refractivity contribution in [3.05, 3.63) is 66.1 Å². The van der Waals surface area contributed by atoms with Gasteiger partial charge in [0.15, 0.2) is 0 Å². The monoisotopic (exact) mass is 434 g/mol. The van der Waals surface area contributed by atoms with Crippen molar-refractivity contribution in [1.29, 1.82) is 0 Å². The van der Waals surface area contributed by atoms with Gasteiger partial charge in [-0.2, -0.15) is 0 Å². The molecule has 2 aromatic carbocycles. The molecular weight excluding hydrogens is 400 g/mol. The van der Waals surface area contributed by atoms with Crippen LogP contribution in [-0.4, -0.2) is 28.7 Å². The number of rotatable bonds is 11. The maximum Gasteiger partial charge on any atom is 0.319 e. The highest BCUT2D eigenvalue weighted by Gasteiger charge is 2.12. The van der Waals surface area contributed by atoms with Crippen LogP contribution in [-0.2, 0) is 6.54 Å². The second-order valence-corrected chi connectivity index (χ2v) is 7.98. The SMILES string of the molecule is CCCCCNC(=O)Nc1c(C)cccc1OCCCn1cnc(C)c1-c1ccccc1. The number of hydrogen-bond donors (Lipinski definition) is 2. The first-order valence-corrected chi connectivity index (χ1v) is 11.4. The molecule has 0 fully saturated rings. The van der Waals surface area contributed by atoms with Gasteiger partial charge in [0.05, 0.1) is 30.0 Å². The molecule has 3 rings (SSSR count). The number of imidazole rings is 1. The van der Waals surface area contributed by atoms with Crippen LogP contribution >= 0.6 is 0 Å². The summed E-state index contributed by atoms with van der Waals surface area (Å²) < 4.78 is 8.23. The fourth-order valence-electron chi connectivity index (χ4n) is 3.70. The summed E-state index contributed by atoms with van der Waals surface area (Å²) in [5.41, 5.74) is 5.03. The van der Waals surface area contributed by atoms with Crippen LogP contribution in [0, 0.1) is 13.8 Å². The number of unbranched alkanes of at least 4 members (excludes halogenated alkanes) is 2. The number of aromatic nitrogens is 2. The second kappa shape index (κ2) is 11.9. The minimum atomic E-state index is -0.193. The zero-order chi connectivity index (χ0) is 22.8.